The number of methoxy groups -OCH3 is 1. The number of aromatic amines is 1. The van der Waals surface area contributed by atoms with Crippen LogP contribution < -0.4 is 10.3 Å². The van der Waals surface area contributed by atoms with Gasteiger partial charge >= 0.3 is 0 Å². The molecule has 0 saturated carbocycles. The number of ether oxygens (including phenoxy) is 1. The fraction of sp³-hybridized carbons (Fsp3) is 0.409. The van der Waals surface area contributed by atoms with Gasteiger partial charge in [-0.05, 0) is 49.4 Å². The Morgan fingerprint density at radius 2 is 2.13 bits per heavy atom. The number of nitrogens with zero attached hydrogens (tertiary/aromatic N) is 2. The molecule has 0 aliphatic heterocycles. The molecule has 158 valence electrons. The summed E-state index contributed by atoms with van der Waals surface area (Å²) in [5, 5.41) is 1.34. The predicted octanol–water partition coefficient (Wildman–Crippen LogP) is 4.12. The van der Waals surface area contributed by atoms with E-state index in [4.69, 9.17) is 16.3 Å². The largest absolute Gasteiger partial charge is 0.496 e. The van der Waals surface area contributed by atoms with Gasteiger partial charge in [-0.2, -0.15) is 0 Å². The highest BCUT2D eigenvalue weighted by atomic mass is 35.5. The molecule has 1 aliphatic rings. The number of halogens is 1. The van der Waals surface area contributed by atoms with Crippen LogP contribution in [0.2, 0.25) is 5.02 Å². The summed E-state index contributed by atoms with van der Waals surface area (Å²) in [6.45, 7) is 0.392. The summed E-state index contributed by atoms with van der Waals surface area (Å²) in [6, 6.07) is 5.35. The lowest BCUT2D eigenvalue weighted by Gasteiger charge is -2.19. The van der Waals surface area contributed by atoms with E-state index < -0.39 is 0 Å². The van der Waals surface area contributed by atoms with Crippen molar-refractivity contribution in [1.29, 1.82) is 0 Å². The van der Waals surface area contributed by atoms with Crippen molar-refractivity contribution in [2.24, 2.45) is 0 Å². The SMILES string of the molecule is COc1ccc(Cl)cc1CN(C)C(=O)CCc1nc2sc3c(c2c(=O)[nH]1)CCCC3. The molecule has 1 N–H and O–H groups in total. The minimum absolute atomic E-state index is 0.0368. The number of nitrogens with one attached hydrogen (secondary N) is 1. The van der Waals surface area contributed by atoms with Crippen LogP contribution in [-0.2, 0) is 30.6 Å². The second kappa shape index (κ2) is 8.78. The lowest BCUT2D eigenvalue weighted by atomic mass is 9.97. The van der Waals surface area contributed by atoms with Gasteiger partial charge in [-0.3, -0.25) is 9.59 Å². The first-order chi connectivity index (χ1) is 14.5. The second-order valence-corrected chi connectivity index (χ2v) is 9.13. The van der Waals surface area contributed by atoms with Crippen LogP contribution in [0.5, 0.6) is 5.75 Å². The Morgan fingerprint density at radius 1 is 1.33 bits per heavy atom. The van der Waals surface area contributed by atoms with Gasteiger partial charge in [-0.25, -0.2) is 4.98 Å². The zero-order chi connectivity index (χ0) is 21.3. The van der Waals surface area contributed by atoms with Crippen molar-refractivity contribution in [3.8, 4) is 5.75 Å². The molecule has 30 heavy (non-hydrogen) atoms. The average molecular weight is 446 g/mol. The fourth-order valence-corrected chi connectivity index (χ4v) is 5.43. The number of fused-ring (bicyclic) bond motifs is 3. The molecule has 0 unspecified atom stereocenters. The number of hydrogen-bond donors (Lipinski definition) is 1. The van der Waals surface area contributed by atoms with Gasteiger partial charge in [0.25, 0.3) is 5.56 Å². The maximum absolute atomic E-state index is 12.6. The zero-order valence-electron chi connectivity index (χ0n) is 17.1. The number of carbonyl (C=O) groups excluding carboxylic acids is 1. The number of amides is 1. The molecule has 2 aromatic heterocycles. The molecule has 6 nitrogen and oxygen atoms in total. The molecule has 0 radical (unpaired) electrons. The van der Waals surface area contributed by atoms with E-state index >= 15 is 0 Å². The van der Waals surface area contributed by atoms with Gasteiger partial charge < -0.3 is 14.6 Å². The summed E-state index contributed by atoms with van der Waals surface area (Å²) in [5.74, 6) is 1.22. The van der Waals surface area contributed by atoms with E-state index in [1.807, 2.05) is 0 Å². The first-order valence-corrected chi connectivity index (χ1v) is 11.3. The highest BCUT2D eigenvalue weighted by Gasteiger charge is 2.20. The van der Waals surface area contributed by atoms with E-state index in [9.17, 15) is 9.59 Å². The molecule has 0 bridgehead atoms. The van der Waals surface area contributed by atoms with Crippen LogP contribution in [-0.4, -0.2) is 34.9 Å². The van der Waals surface area contributed by atoms with Gasteiger partial charge in [-0.1, -0.05) is 11.6 Å². The molecule has 0 atom stereocenters. The topological polar surface area (TPSA) is 75.3 Å². The van der Waals surface area contributed by atoms with E-state index in [0.717, 1.165) is 35.0 Å². The molecule has 1 aliphatic carbocycles. The highest BCUT2D eigenvalue weighted by molar-refractivity contribution is 7.18. The maximum Gasteiger partial charge on any atom is 0.259 e. The predicted molar refractivity (Wildman–Crippen MR) is 120 cm³/mol. The third kappa shape index (κ3) is 4.23. The van der Waals surface area contributed by atoms with Crippen molar-refractivity contribution in [1.82, 2.24) is 14.9 Å². The van der Waals surface area contributed by atoms with E-state index in [2.05, 4.69) is 9.97 Å². The van der Waals surface area contributed by atoms with Crippen molar-refractivity contribution in [2.45, 2.75) is 45.1 Å². The first kappa shape index (κ1) is 20.9. The summed E-state index contributed by atoms with van der Waals surface area (Å²) >= 11 is 7.70. The van der Waals surface area contributed by atoms with E-state index in [1.54, 1.807) is 48.6 Å². The summed E-state index contributed by atoms with van der Waals surface area (Å²) in [4.78, 5) is 36.5. The van der Waals surface area contributed by atoms with Crippen LogP contribution >= 0.6 is 22.9 Å². The van der Waals surface area contributed by atoms with Gasteiger partial charge in [0.2, 0.25) is 5.91 Å². The standard InChI is InChI=1S/C22H24ClN3O3S/c1-26(12-13-11-14(23)7-8-16(13)29-2)19(27)10-9-18-24-21(28)20-15-5-3-4-6-17(15)30-22(20)25-18/h7-8,11H,3-6,9-10,12H2,1-2H3,(H,24,25,28). The molecule has 0 spiro atoms. The zero-order valence-corrected chi connectivity index (χ0v) is 18.7. The minimum Gasteiger partial charge on any atom is -0.496 e. The molecular formula is C22H24ClN3O3S. The monoisotopic (exact) mass is 445 g/mol. The first-order valence-electron chi connectivity index (χ1n) is 10.1. The van der Waals surface area contributed by atoms with Gasteiger partial charge in [0.05, 0.1) is 12.5 Å². The minimum atomic E-state index is -0.0844. The Labute approximate surface area is 183 Å². The van der Waals surface area contributed by atoms with Crippen LogP contribution in [0.4, 0.5) is 0 Å². The number of H-pyrrole nitrogens is 1. The summed E-state index contributed by atoms with van der Waals surface area (Å²) in [7, 11) is 3.34. The maximum atomic E-state index is 12.6. The van der Waals surface area contributed by atoms with Crippen molar-refractivity contribution in [3.05, 3.63) is 55.4 Å². The van der Waals surface area contributed by atoms with E-state index in [0.29, 0.717) is 29.6 Å². The summed E-state index contributed by atoms with van der Waals surface area (Å²) in [5.41, 5.74) is 1.93. The molecule has 1 aromatic carbocycles. The Hall–Kier alpha value is -2.38. The fourth-order valence-electron chi connectivity index (χ4n) is 3.96. The van der Waals surface area contributed by atoms with Crippen LogP contribution in [0.25, 0.3) is 10.2 Å². The molecule has 0 fully saturated rings. The lowest BCUT2D eigenvalue weighted by molar-refractivity contribution is -0.130. The smallest absolute Gasteiger partial charge is 0.259 e. The van der Waals surface area contributed by atoms with Gasteiger partial charge in [0, 0.05) is 41.9 Å². The number of rotatable bonds is 6. The van der Waals surface area contributed by atoms with Gasteiger partial charge in [0.15, 0.2) is 0 Å². The Morgan fingerprint density at radius 3 is 2.93 bits per heavy atom. The van der Waals surface area contributed by atoms with Gasteiger partial charge in [0.1, 0.15) is 16.4 Å². The molecule has 8 heteroatoms. The number of hydrogen-bond acceptors (Lipinski definition) is 5. The van der Waals surface area contributed by atoms with Crippen molar-refractivity contribution in [2.75, 3.05) is 14.2 Å². The van der Waals surface area contributed by atoms with Crippen LogP contribution in [0.3, 0.4) is 0 Å². The number of carbonyl (C=O) groups is 1. The Balaban J connectivity index is 1.45. The molecular weight excluding hydrogens is 422 g/mol. The number of benzene rings is 1. The van der Waals surface area contributed by atoms with Crippen LogP contribution in [0, 0.1) is 0 Å². The second-order valence-electron chi connectivity index (χ2n) is 7.61. The summed E-state index contributed by atoms with van der Waals surface area (Å²) < 4.78 is 5.35. The molecule has 0 saturated heterocycles. The summed E-state index contributed by atoms with van der Waals surface area (Å²) in [6.07, 6.45) is 4.93. The molecule has 3 aromatic rings. The highest BCUT2D eigenvalue weighted by Crippen LogP contribution is 2.33. The number of aromatic nitrogens is 2. The Kier molecular flexibility index (Phi) is 6.11. The van der Waals surface area contributed by atoms with E-state index in [1.165, 1.54) is 16.9 Å². The molecule has 2 heterocycles. The van der Waals surface area contributed by atoms with Gasteiger partial charge in [-0.15, -0.1) is 11.3 Å². The lowest BCUT2D eigenvalue weighted by Crippen LogP contribution is -2.27. The quantitative estimate of drug-likeness (QED) is 0.619. The third-order valence-electron chi connectivity index (χ3n) is 5.53. The number of thiophene rings is 1. The Bertz CT molecular complexity index is 1150. The van der Waals surface area contributed by atoms with Crippen molar-refractivity contribution < 1.29 is 9.53 Å². The average Bonchev–Trinajstić information content (AvgIpc) is 3.11. The van der Waals surface area contributed by atoms with Crippen molar-refractivity contribution >= 4 is 39.1 Å². The number of aryl methyl sites for hydroxylation is 3. The van der Waals surface area contributed by atoms with Crippen molar-refractivity contribution in [3.63, 3.8) is 0 Å². The van der Waals surface area contributed by atoms with Crippen LogP contribution in [0.15, 0.2) is 23.0 Å². The normalized spacial score (nSPS) is 13.3. The van der Waals surface area contributed by atoms with E-state index in [-0.39, 0.29) is 17.9 Å². The molecule has 4 rings (SSSR count). The molecule has 1 amide bonds. The third-order valence-corrected chi connectivity index (χ3v) is 6.95. The van der Waals surface area contributed by atoms with Crippen LogP contribution in [0.1, 0.15) is 41.1 Å².